The number of aromatic nitrogens is 1. The van der Waals surface area contributed by atoms with Crippen molar-refractivity contribution in [3.63, 3.8) is 0 Å². The number of ether oxygens (including phenoxy) is 1. The van der Waals surface area contributed by atoms with Crippen LogP contribution in [-0.4, -0.2) is 17.3 Å². The van der Waals surface area contributed by atoms with Gasteiger partial charge in [-0.2, -0.15) is 0 Å². The molecule has 0 bridgehead atoms. The molecule has 0 amide bonds. The van der Waals surface area contributed by atoms with Crippen LogP contribution in [0.4, 0.5) is 0 Å². The van der Waals surface area contributed by atoms with Gasteiger partial charge in [-0.3, -0.25) is 0 Å². The van der Waals surface area contributed by atoms with Crippen LogP contribution in [0.1, 0.15) is 43.9 Å². The lowest BCUT2D eigenvalue weighted by molar-refractivity contribution is 0.0728. The Hall–Kier alpha value is -0.800. The third-order valence-electron chi connectivity index (χ3n) is 3.16. The highest BCUT2D eigenvalue weighted by Gasteiger charge is 2.18. The average Bonchev–Trinajstić information content (AvgIpc) is 2.61. The second-order valence-corrected chi connectivity index (χ2v) is 4.89. The molecule has 3 nitrogen and oxygen atoms in total. The molecule has 1 aliphatic carbocycles. The van der Waals surface area contributed by atoms with Gasteiger partial charge in [-0.1, -0.05) is 0 Å². The fourth-order valence-corrected chi connectivity index (χ4v) is 2.31. The van der Waals surface area contributed by atoms with Crippen LogP contribution in [0, 0.1) is 0 Å². The molecular weight excluding hydrogens is 200 g/mol. The summed E-state index contributed by atoms with van der Waals surface area (Å²) in [5.74, 6) is 0. The first-order valence-electron chi connectivity index (χ1n) is 6.22. The molecule has 0 aliphatic heterocycles. The number of hydrogen-bond donors (Lipinski definition) is 1. The summed E-state index contributed by atoms with van der Waals surface area (Å²) in [6.07, 6.45) is 8.27. The molecule has 0 saturated carbocycles. The summed E-state index contributed by atoms with van der Waals surface area (Å²) >= 11 is 0. The molecule has 3 heteroatoms. The molecule has 2 N–H and O–H groups in total. The van der Waals surface area contributed by atoms with E-state index in [2.05, 4.69) is 30.8 Å². The fraction of sp³-hybridized carbons (Fsp3) is 0.692. The number of rotatable bonds is 4. The van der Waals surface area contributed by atoms with Crippen LogP contribution in [0.2, 0.25) is 0 Å². The monoisotopic (exact) mass is 222 g/mol. The van der Waals surface area contributed by atoms with Gasteiger partial charge in [0.2, 0.25) is 0 Å². The standard InChI is InChI=1S/C13H22N2O/c1-10(2)16-7-6-15-8-11-4-3-5-13(14)12(11)9-15/h8-10,13H,3-7,14H2,1-2H3. The van der Waals surface area contributed by atoms with Crippen molar-refractivity contribution in [3.05, 3.63) is 23.5 Å². The summed E-state index contributed by atoms with van der Waals surface area (Å²) < 4.78 is 7.77. The van der Waals surface area contributed by atoms with Gasteiger partial charge in [0.25, 0.3) is 0 Å². The second-order valence-electron chi connectivity index (χ2n) is 4.89. The number of fused-ring (bicyclic) bond motifs is 1. The van der Waals surface area contributed by atoms with Crippen LogP contribution >= 0.6 is 0 Å². The summed E-state index contributed by atoms with van der Waals surface area (Å²) in [6, 6.07) is 0.246. The van der Waals surface area contributed by atoms with Crippen LogP contribution in [0.3, 0.4) is 0 Å². The second kappa shape index (κ2) is 5.02. The zero-order chi connectivity index (χ0) is 11.5. The first-order valence-corrected chi connectivity index (χ1v) is 6.22. The van der Waals surface area contributed by atoms with Crippen LogP contribution in [0.5, 0.6) is 0 Å². The normalized spacial score (nSPS) is 20.1. The Kier molecular flexibility index (Phi) is 3.66. The lowest BCUT2D eigenvalue weighted by Gasteiger charge is -2.17. The van der Waals surface area contributed by atoms with Crippen molar-refractivity contribution in [2.24, 2.45) is 5.73 Å². The summed E-state index contributed by atoms with van der Waals surface area (Å²) in [4.78, 5) is 0. The fourth-order valence-electron chi connectivity index (χ4n) is 2.31. The minimum atomic E-state index is 0.246. The van der Waals surface area contributed by atoms with Crippen molar-refractivity contribution in [1.82, 2.24) is 4.57 Å². The molecule has 1 heterocycles. The highest BCUT2D eigenvalue weighted by molar-refractivity contribution is 5.29. The third kappa shape index (κ3) is 2.66. The smallest absolute Gasteiger partial charge is 0.0648 e. The lowest BCUT2D eigenvalue weighted by Crippen LogP contribution is -2.15. The maximum absolute atomic E-state index is 6.09. The van der Waals surface area contributed by atoms with Crippen molar-refractivity contribution in [2.75, 3.05) is 6.61 Å². The van der Waals surface area contributed by atoms with E-state index in [1.165, 1.54) is 24.0 Å². The largest absolute Gasteiger partial charge is 0.377 e. The molecule has 0 fully saturated rings. The Morgan fingerprint density at radius 2 is 2.31 bits per heavy atom. The molecule has 1 aliphatic rings. The van der Waals surface area contributed by atoms with E-state index in [1.54, 1.807) is 0 Å². The molecular formula is C13H22N2O. The van der Waals surface area contributed by atoms with E-state index >= 15 is 0 Å². The van der Waals surface area contributed by atoms with Gasteiger partial charge in [0, 0.05) is 25.0 Å². The Labute approximate surface area is 97.6 Å². The molecule has 0 radical (unpaired) electrons. The van der Waals surface area contributed by atoms with E-state index in [0.29, 0.717) is 6.10 Å². The van der Waals surface area contributed by atoms with Gasteiger partial charge in [-0.05, 0) is 44.2 Å². The quantitative estimate of drug-likeness (QED) is 0.848. The Morgan fingerprint density at radius 3 is 3.00 bits per heavy atom. The molecule has 1 aromatic heterocycles. The maximum Gasteiger partial charge on any atom is 0.0648 e. The van der Waals surface area contributed by atoms with Gasteiger partial charge < -0.3 is 15.0 Å². The minimum Gasteiger partial charge on any atom is -0.377 e. The number of aryl methyl sites for hydroxylation is 1. The third-order valence-corrected chi connectivity index (χ3v) is 3.16. The van der Waals surface area contributed by atoms with Crippen molar-refractivity contribution in [2.45, 2.75) is 51.8 Å². The summed E-state index contributed by atoms with van der Waals surface area (Å²) in [5.41, 5.74) is 8.87. The Morgan fingerprint density at radius 1 is 1.50 bits per heavy atom. The van der Waals surface area contributed by atoms with Crippen molar-refractivity contribution >= 4 is 0 Å². The number of hydrogen-bond acceptors (Lipinski definition) is 2. The van der Waals surface area contributed by atoms with Gasteiger partial charge in [-0.25, -0.2) is 0 Å². The molecule has 90 valence electrons. The van der Waals surface area contributed by atoms with E-state index in [-0.39, 0.29) is 6.04 Å². The van der Waals surface area contributed by atoms with Crippen LogP contribution in [0.25, 0.3) is 0 Å². The molecule has 0 saturated heterocycles. The molecule has 2 rings (SSSR count). The summed E-state index contributed by atoms with van der Waals surface area (Å²) in [5, 5.41) is 0. The van der Waals surface area contributed by atoms with E-state index < -0.39 is 0 Å². The number of nitrogens with two attached hydrogens (primary N) is 1. The van der Waals surface area contributed by atoms with Gasteiger partial charge in [0.15, 0.2) is 0 Å². The van der Waals surface area contributed by atoms with Gasteiger partial charge >= 0.3 is 0 Å². The number of nitrogens with zero attached hydrogens (tertiary/aromatic N) is 1. The Balaban J connectivity index is 1.96. The van der Waals surface area contributed by atoms with E-state index in [0.717, 1.165) is 19.6 Å². The molecule has 1 unspecified atom stereocenters. The highest BCUT2D eigenvalue weighted by Crippen LogP contribution is 2.28. The first kappa shape index (κ1) is 11.7. The van der Waals surface area contributed by atoms with E-state index in [9.17, 15) is 0 Å². The highest BCUT2D eigenvalue weighted by atomic mass is 16.5. The maximum atomic E-state index is 6.09. The van der Waals surface area contributed by atoms with Crippen molar-refractivity contribution in [1.29, 1.82) is 0 Å². The predicted molar refractivity (Wildman–Crippen MR) is 65.4 cm³/mol. The van der Waals surface area contributed by atoms with Crippen LogP contribution in [0.15, 0.2) is 12.4 Å². The van der Waals surface area contributed by atoms with Crippen molar-refractivity contribution < 1.29 is 4.74 Å². The van der Waals surface area contributed by atoms with Crippen LogP contribution < -0.4 is 5.73 Å². The van der Waals surface area contributed by atoms with Gasteiger partial charge in [0.1, 0.15) is 0 Å². The van der Waals surface area contributed by atoms with E-state index in [1.807, 2.05) is 0 Å². The summed E-state index contributed by atoms with van der Waals surface area (Å²) in [6.45, 7) is 5.84. The molecule has 16 heavy (non-hydrogen) atoms. The zero-order valence-electron chi connectivity index (χ0n) is 10.3. The molecule has 1 atom stereocenters. The molecule has 0 spiro atoms. The average molecular weight is 222 g/mol. The molecule has 0 aromatic carbocycles. The summed E-state index contributed by atoms with van der Waals surface area (Å²) in [7, 11) is 0. The zero-order valence-corrected chi connectivity index (χ0v) is 10.3. The SMILES string of the molecule is CC(C)OCCn1cc2c(c1)C(N)CCC2. The van der Waals surface area contributed by atoms with Crippen molar-refractivity contribution in [3.8, 4) is 0 Å². The Bertz CT molecular complexity index is 344. The van der Waals surface area contributed by atoms with E-state index in [4.69, 9.17) is 10.5 Å². The predicted octanol–water partition coefficient (Wildman–Crippen LogP) is 2.25. The topological polar surface area (TPSA) is 40.2 Å². The lowest BCUT2D eigenvalue weighted by atomic mass is 9.92. The minimum absolute atomic E-state index is 0.246. The van der Waals surface area contributed by atoms with Crippen LogP contribution in [-0.2, 0) is 17.7 Å². The first-order chi connectivity index (χ1) is 7.66. The van der Waals surface area contributed by atoms with Gasteiger partial charge in [-0.15, -0.1) is 0 Å². The van der Waals surface area contributed by atoms with Gasteiger partial charge in [0.05, 0.1) is 12.7 Å². The molecule has 1 aromatic rings.